The molecule has 13 heavy (non-hydrogen) atoms. The van der Waals surface area contributed by atoms with Crippen molar-refractivity contribution >= 4 is 15.9 Å². The maximum Gasteiger partial charge on any atom is 0.0652 e. The standard InChI is InChI=1S/C11H12BrN/c1-9(8-13)5-6-10-3-2-4-11(12)7-10/h2-4,7,9H,5-6H2,1H3. The number of nitriles is 1. The Hall–Kier alpha value is -0.810. The van der Waals surface area contributed by atoms with Crippen LogP contribution in [0.5, 0.6) is 0 Å². The zero-order chi connectivity index (χ0) is 9.68. The number of hydrogen-bond acceptors (Lipinski definition) is 1. The summed E-state index contributed by atoms with van der Waals surface area (Å²) in [5.74, 6) is 0.152. The van der Waals surface area contributed by atoms with Crippen LogP contribution in [-0.2, 0) is 6.42 Å². The molecule has 1 aromatic rings. The quantitative estimate of drug-likeness (QED) is 0.790. The summed E-state index contributed by atoms with van der Waals surface area (Å²) in [5, 5.41) is 8.61. The number of benzene rings is 1. The molecule has 0 aliphatic carbocycles. The minimum Gasteiger partial charge on any atom is -0.198 e. The van der Waals surface area contributed by atoms with Gasteiger partial charge in [0.1, 0.15) is 0 Å². The van der Waals surface area contributed by atoms with Crippen LogP contribution in [0.3, 0.4) is 0 Å². The number of halogens is 1. The average molecular weight is 238 g/mol. The highest BCUT2D eigenvalue weighted by Gasteiger charge is 2.00. The molecule has 0 aromatic heterocycles. The molecule has 0 radical (unpaired) electrons. The third kappa shape index (κ3) is 3.61. The van der Waals surface area contributed by atoms with Crippen LogP contribution in [0, 0.1) is 17.2 Å². The van der Waals surface area contributed by atoms with E-state index in [1.54, 1.807) is 0 Å². The van der Waals surface area contributed by atoms with Crippen LogP contribution in [0.1, 0.15) is 18.9 Å². The highest BCUT2D eigenvalue weighted by atomic mass is 79.9. The van der Waals surface area contributed by atoms with Crippen LogP contribution in [0.25, 0.3) is 0 Å². The summed E-state index contributed by atoms with van der Waals surface area (Å²) in [6.45, 7) is 1.96. The maximum atomic E-state index is 8.61. The van der Waals surface area contributed by atoms with Crippen molar-refractivity contribution in [3.8, 4) is 6.07 Å². The van der Waals surface area contributed by atoms with Crippen LogP contribution >= 0.6 is 15.9 Å². The molecule has 0 amide bonds. The van der Waals surface area contributed by atoms with E-state index in [0.717, 1.165) is 17.3 Å². The number of hydrogen-bond donors (Lipinski definition) is 0. The van der Waals surface area contributed by atoms with Gasteiger partial charge in [-0.1, -0.05) is 28.1 Å². The minimum atomic E-state index is 0.152. The largest absolute Gasteiger partial charge is 0.198 e. The Morgan fingerprint density at radius 3 is 2.92 bits per heavy atom. The lowest BCUT2D eigenvalue weighted by Crippen LogP contribution is -1.93. The molecule has 0 saturated carbocycles. The van der Waals surface area contributed by atoms with Crippen molar-refractivity contribution in [2.45, 2.75) is 19.8 Å². The normalized spacial score (nSPS) is 12.1. The molecule has 0 saturated heterocycles. The first-order chi connectivity index (χ1) is 6.22. The molecule has 0 aliphatic rings. The van der Waals surface area contributed by atoms with E-state index in [9.17, 15) is 0 Å². The topological polar surface area (TPSA) is 23.8 Å². The van der Waals surface area contributed by atoms with Crippen molar-refractivity contribution in [2.75, 3.05) is 0 Å². The molecule has 1 nitrogen and oxygen atoms in total. The lowest BCUT2D eigenvalue weighted by molar-refractivity contribution is 0.660. The van der Waals surface area contributed by atoms with E-state index in [4.69, 9.17) is 5.26 Å². The Balaban J connectivity index is 2.51. The van der Waals surface area contributed by atoms with Crippen molar-refractivity contribution in [1.29, 1.82) is 5.26 Å². The van der Waals surface area contributed by atoms with Gasteiger partial charge in [0.15, 0.2) is 0 Å². The van der Waals surface area contributed by atoms with Crippen LogP contribution in [0.2, 0.25) is 0 Å². The second kappa shape index (κ2) is 5.04. The van der Waals surface area contributed by atoms with E-state index >= 15 is 0 Å². The van der Waals surface area contributed by atoms with Gasteiger partial charge in [0.05, 0.1) is 6.07 Å². The molecule has 0 heterocycles. The summed E-state index contributed by atoms with van der Waals surface area (Å²) in [4.78, 5) is 0. The van der Waals surface area contributed by atoms with Gasteiger partial charge >= 0.3 is 0 Å². The van der Waals surface area contributed by atoms with Crippen molar-refractivity contribution in [1.82, 2.24) is 0 Å². The summed E-state index contributed by atoms with van der Waals surface area (Å²) in [6.07, 6.45) is 1.92. The Morgan fingerprint density at radius 1 is 1.54 bits per heavy atom. The smallest absolute Gasteiger partial charge is 0.0652 e. The summed E-state index contributed by atoms with van der Waals surface area (Å²) in [6, 6.07) is 10.5. The Morgan fingerprint density at radius 2 is 2.31 bits per heavy atom. The van der Waals surface area contributed by atoms with Gasteiger partial charge in [-0.3, -0.25) is 0 Å². The first-order valence-corrected chi connectivity index (χ1v) is 5.15. The van der Waals surface area contributed by atoms with Gasteiger partial charge in [0, 0.05) is 10.4 Å². The van der Waals surface area contributed by atoms with Gasteiger partial charge in [-0.2, -0.15) is 5.26 Å². The number of rotatable bonds is 3. The highest BCUT2D eigenvalue weighted by molar-refractivity contribution is 9.10. The zero-order valence-electron chi connectivity index (χ0n) is 7.63. The van der Waals surface area contributed by atoms with E-state index in [2.05, 4.69) is 34.1 Å². The second-order valence-electron chi connectivity index (χ2n) is 3.20. The van der Waals surface area contributed by atoms with Gasteiger partial charge in [-0.15, -0.1) is 0 Å². The third-order valence-electron chi connectivity index (χ3n) is 1.98. The van der Waals surface area contributed by atoms with E-state index < -0.39 is 0 Å². The summed E-state index contributed by atoms with van der Waals surface area (Å²) in [7, 11) is 0. The predicted molar refractivity (Wildman–Crippen MR) is 57.2 cm³/mol. The van der Waals surface area contributed by atoms with Gasteiger partial charge < -0.3 is 0 Å². The van der Waals surface area contributed by atoms with E-state index in [-0.39, 0.29) is 5.92 Å². The molecular weight excluding hydrogens is 226 g/mol. The fourth-order valence-corrected chi connectivity index (χ4v) is 1.59. The third-order valence-corrected chi connectivity index (χ3v) is 2.47. The first-order valence-electron chi connectivity index (χ1n) is 4.36. The van der Waals surface area contributed by atoms with Gasteiger partial charge in [0.25, 0.3) is 0 Å². The lowest BCUT2D eigenvalue weighted by Gasteiger charge is -2.02. The molecular formula is C11H12BrN. The minimum absolute atomic E-state index is 0.152. The Kier molecular flexibility index (Phi) is 3.98. The lowest BCUT2D eigenvalue weighted by atomic mass is 10.0. The molecule has 68 valence electrons. The molecule has 2 heteroatoms. The molecule has 0 bridgehead atoms. The monoisotopic (exact) mass is 237 g/mol. The molecule has 0 fully saturated rings. The van der Waals surface area contributed by atoms with E-state index in [0.29, 0.717) is 0 Å². The molecule has 1 atom stereocenters. The molecule has 0 aliphatic heterocycles. The SMILES string of the molecule is CC(C#N)CCc1cccc(Br)c1. The molecule has 1 unspecified atom stereocenters. The van der Waals surface area contributed by atoms with Crippen LogP contribution in [0.15, 0.2) is 28.7 Å². The zero-order valence-corrected chi connectivity index (χ0v) is 9.21. The van der Waals surface area contributed by atoms with Crippen molar-refractivity contribution in [3.05, 3.63) is 34.3 Å². The second-order valence-corrected chi connectivity index (χ2v) is 4.11. The van der Waals surface area contributed by atoms with Gasteiger partial charge in [-0.25, -0.2) is 0 Å². The number of aryl methyl sites for hydroxylation is 1. The van der Waals surface area contributed by atoms with Crippen molar-refractivity contribution < 1.29 is 0 Å². The Labute approximate surface area is 87.5 Å². The predicted octanol–water partition coefficient (Wildman–Crippen LogP) is 3.54. The summed E-state index contributed by atoms with van der Waals surface area (Å²) < 4.78 is 1.11. The average Bonchev–Trinajstić information content (AvgIpc) is 2.14. The van der Waals surface area contributed by atoms with Crippen molar-refractivity contribution in [3.63, 3.8) is 0 Å². The molecule has 1 aromatic carbocycles. The number of nitrogens with zero attached hydrogens (tertiary/aromatic N) is 1. The molecule has 1 rings (SSSR count). The summed E-state index contributed by atoms with van der Waals surface area (Å²) in [5.41, 5.74) is 1.29. The van der Waals surface area contributed by atoms with Crippen LogP contribution in [-0.4, -0.2) is 0 Å². The fraction of sp³-hybridized carbons (Fsp3) is 0.364. The molecule has 0 N–H and O–H groups in total. The van der Waals surface area contributed by atoms with Crippen LogP contribution in [0.4, 0.5) is 0 Å². The van der Waals surface area contributed by atoms with E-state index in [1.807, 2.05) is 19.1 Å². The summed E-state index contributed by atoms with van der Waals surface area (Å²) >= 11 is 3.42. The highest BCUT2D eigenvalue weighted by Crippen LogP contribution is 2.14. The maximum absolute atomic E-state index is 8.61. The van der Waals surface area contributed by atoms with Gasteiger partial charge in [0.2, 0.25) is 0 Å². The first kappa shape index (κ1) is 10.3. The van der Waals surface area contributed by atoms with Crippen molar-refractivity contribution in [2.24, 2.45) is 5.92 Å². The van der Waals surface area contributed by atoms with Gasteiger partial charge in [-0.05, 0) is 37.5 Å². The molecule has 0 spiro atoms. The fourth-order valence-electron chi connectivity index (χ4n) is 1.14. The van der Waals surface area contributed by atoms with Crippen LogP contribution < -0.4 is 0 Å². The van der Waals surface area contributed by atoms with E-state index in [1.165, 1.54) is 5.56 Å². The Bertz CT molecular complexity index is 314.